The minimum Gasteiger partial charge on any atom is -0.251 e. The molecule has 0 unspecified atom stereocenters. The molecule has 0 radical (unpaired) electrons. The largest absolute Gasteiger partial charge is 0.251 e. The summed E-state index contributed by atoms with van der Waals surface area (Å²) in [6.07, 6.45) is 6.16. The van der Waals surface area contributed by atoms with Crippen LogP contribution >= 0.6 is 34.8 Å². The Bertz CT molecular complexity index is 599. The van der Waals surface area contributed by atoms with Crippen LogP contribution in [-0.2, 0) is 0 Å². The third-order valence-corrected chi connectivity index (χ3v) is 4.37. The van der Waals surface area contributed by atoms with Gasteiger partial charge in [-0.1, -0.05) is 47.6 Å². The van der Waals surface area contributed by atoms with Gasteiger partial charge in [-0.15, -0.1) is 0 Å². The minimum atomic E-state index is 0.377. The standard InChI is InChI=1S/C14H12Cl3N3/c15-9-5-6-10(18-7-9)14-19-12(16)11(13(17)20-14)8-3-1-2-4-8/h5-8H,1-4H2. The van der Waals surface area contributed by atoms with Crippen molar-refractivity contribution in [3.8, 4) is 11.5 Å². The van der Waals surface area contributed by atoms with Crippen molar-refractivity contribution in [3.05, 3.63) is 39.2 Å². The average molecular weight is 329 g/mol. The van der Waals surface area contributed by atoms with Crippen LogP contribution in [0.5, 0.6) is 0 Å². The lowest BCUT2D eigenvalue weighted by Crippen LogP contribution is -2.02. The number of rotatable bonds is 2. The Morgan fingerprint density at radius 2 is 1.60 bits per heavy atom. The molecule has 20 heavy (non-hydrogen) atoms. The van der Waals surface area contributed by atoms with Crippen LogP contribution in [0.25, 0.3) is 11.5 Å². The van der Waals surface area contributed by atoms with Crippen LogP contribution in [0.2, 0.25) is 15.3 Å². The number of halogens is 3. The Morgan fingerprint density at radius 1 is 0.950 bits per heavy atom. The maximum atomic E-state index is 6.31. The quantitative estimate of drug-likeness (QED) is 0.715. The maximum absolute atomic E-state index is 6.31. The molecule has 1 saturated carbocycles. The van der Waals surface area contributed by atoms with Gasteiger partial charge in [-0.2, -0.15) is 0 Å². The van der Waals surface area contributed by atoms with E-state index in [-0.39, 0.29) is 0 Å². The lowest BCUT2D eigenvalue weighted by molar-refractivity contribution is 0.715. The monoisotopic (exact) mass is 327 g/mol. The molecule has 6 heteroatoms. The fourth-order valence-electron chi connectivity index (χ4n) is 2.59. The van der Waals surface area contributed by atoms with E-state index < -0.39 is 0 Å². The van der Waals surface area contributed by atoms with Crippen molar-refractivity contribution in [3.63, 3.8) is 0 Å². The Labute approximate surface area is 132 Å². The molecule has 0 atom stereocenters. The summed E-state index contributed by atoms with van der Waals surface area (Å²) in [5, 5.41) is 1.43. The van der Waals surface area contributed by atoms with Crippen molar-refractivity contribution in [2.75, 3.05) is 0 Å². The number of pyridine rings is 1. The predicted molar refractivity (Wildman–Crippen MR) is 81.5 cm³/mol. The molecule has 104 valence electrons. The number of aromatic nitrogens is 3. The zero-order chi connectivity index (χ0) is 14.1. The van der Waals surface area contributed by atoms with Crippen molar-refractivity contribution in [1.82, 2.24) is 15.0 Å². The average Bonchev–Trinajstić information content (AvgIpc) is 2.92. The molecule has 1 aliphatic rings. The molecule has 0 aromatic carbocycles. The van der Waals surface area contributed by atoms with Gasteiger partial charge in [0, 0.05) is 11.8 Å². The van der Waals surface area contributed by atoms with Gasteiger partial charge < -0.3 is 0 Å². The molecule has 1 fully saturated rings. The molecule has 0 amide bonds. The van der Waals surface area contributed by atoms with Crippen LogP contribution < -0.4 is 0 Å². The molecular weight excluding hydrogens is 317 g/mol. The molecule has 0 N–H and O–H groups in total. The highest BCUT2D eigenvalue weighted by Crippen LogP contribution is 2.40. The van der Waals surface area contributed by atoms with E-state index in [2.05, 4.69) is 15.0 Å². The summed E-state index contributed by atoms with van der Waals surface area (Å²) in [5.41, 5.74) is 1.49. The molecule has 2 aromatic rings. The van der Waals surface area contributed by atoms with Gasteiger partial charge in [0.25, 0.3) is 0 Å². The molecule has 2 heterocycles. The normalized spacial score (nSPS) is 15.8. The first-order chi connectivity index (χ1) is 9.65. The zero-order valence-corrected chi connectivity index (χ0v) is 12.9. The molecule has 0 aliphatic heterocycles. The molecule has 0 spiro atoms. The van der Waals surface area contributed by atoms with E-state index >= 15 is 0 Å². The van der Waals surface area contributed by atoms with Gasteiger partial charge in [0.1, 0.15) is 16.0 Å². The second-order valence-electron chi connectivity index (χ2n) is 4.89. The van der Waals surface area contributed by atoms with Gasteiger partial charge >= 0.3 is 0 Å². The van der Waals surface area contributed by atoms with E-state index in [9.17, 15) is 0 Å². The van der Waals surface area contributed by atoms with Crippen molar-refractivity contribution >= 4 is 34.8 Å². The van der Waals surface area contributed by atoms with Crippen LogP contribution in [0, 0.1) is 0 Å². The number of nitrogens with zero attached hydrogens (tertiary/aromatic N) is 3. The van der Waals surface area contributed by atoms with Crippen LogP contribution in [0.1, 0.15) is 37.2 Å². The summed E-state index contributed by atoms with van der Waals surface area (Å²) in [7, 11) is 0. The van der Waals surface area contributed by atoms with Crippen LogP contribution in [0.15, 0.2) is 18.3 Å². The Balaban J connectivity index is 2.00. The molecule has 0 saturated heterocycles. The van der Waals surface area contributed by atoms with Crippen LogP contribution in [0.3, 0.4) is 0 Å². The van der Waals surface area contributed by atoms with E-state index in [1.54, 1.807) is 18.3 Å². The van der Waals surface area contributed by atoms with Gasteiger partial charge in [0.2, 0.25) is 0 Å². The summed E-state index contributed by atoms with van der Waals surface area (Å²) >= 11 is 18.4. The fraction of sp³-hybridized carbons (Fsp3) is 0.357. The second kappa shape index (κ2) is 5.84. The summed E-state index contributed by atoms with van der Waals surface area (Å²) in [4.78, 5) is 12.9. The summed E-state index contributed by atoms with van der Waals surface area (Å²) in [6.45, 7) is 0. The van der Waals surface area contributed by atoms with Gasteiger partial charge in [-0.3, -0.25) is 4.98 Å². The van der Waals surface area contributed by atoms with Gasteiger partial charge in [0.15, 0.2) is 5.82 Å². The molecule has 3 rings (SSSR count). The first-order valence-corrected chi connectivity index (χ1v) is 7.63. The van der Waals surface area contributed by atoms with Crippen molar-refractivity contribution < 1.29 is 0 Å². The predicted octanol–water partition coefficient (Wildman–Crippen LogP) is 5.16. The minimum absolute atomic E-state index is 0.377. The second-order valence-corrected chi connectivity index (χ2v) is 6.04. The zero-order valence-electron chi connectivity index (χ0n) is 10.6. The lowest BCUT2D eigenvalue weighted by Gasteiger charge is -2.13. The molecule has 3 nitrogen and oxygen atoms in total. The first kappa shape index (κ1) is 14.1. The summed E-state index contributed by atoms with van der Waals surface area (Å²) in [5.74, 6) is 0.806. The van der Waals surface area contributed by atoms with E-state index in [0.29, 0.717) is 32.8 Å². The Kier molecular flexibility index (Phi) is 4.11. The smallest absolute Gasteiger partial charge is 0.181 e. The third-order valence-electron chi connectivity index (χ3n) is 3.57. The number of hydrogen-bond acceptors (Lipinski definition) is 3. The van der Waals surface area contributed by atoms with Gasteiger partial charge in [0.05, 0.1) is 5.02 Å². The Hall–Kier alpha value is -0.900. The molecule has 0 bridgehead atoms. The SMILES string of the molecule is Clc1ccc(-c2nc(Cl)c(C3CCCC3)c(Cl)n2)nc1. The van der Waals surface area contributed by atoms with Crippen molar-refractivity contribution in [2.45, 2.75) is 31.6 Å². The third kappa shape index (κ3) is 2.76. The van der Waals surface area contributed by atoms with E-state index in [1.807, 2.05) is 0 Å². The molecule has 2 aromatic heterocycles. The van der Waals surface area contributed by atoms with E-state index in [0.717, 1.165) is 18.4 Å². The van der Waals surface area contributed by atoms with Gasteiger partial charge in [-0.25, -0.2) is 9.97 Å². The summed E-state index contributed by atoms with van der Waals surface area (Å²) < 4.78 is 0. The number of hydrogen-bond donors (Lipinski definition) is 0. The van der Waals surface area contributed by atoms with Crippen LogP contribution in [-0.4, -0.2) is 15.0 Å². The highest BCUT2D eigenvalue weighted by Gasteiger charge is 2.24. The highest BCUT2D eigenvalue weighted by atomic mass is 35.5. The van der Waals surface area contributed by atoms with E-state index in [4.69, 9.17) is 34.8 Å². The van der Waals surface area contributed by atoms with E-state index in [1.165, 1.54) is 12.8 Å². The van der Waals surface area contributed by atoms with Crippen molar-refractivity contribution in [2.24, 2.45) is 0 Å². The lowest BCUT2D eigenvalue weighted by atomic mass is 10.0. The summed E-state index contributed by atoms with van der Waals surface area (Å²) in [6, 6.07) is 3.49. The van der Waals surface area contributed by atoms with Crippen LogP contribution in [0.4, 0.5) is 0 Å². The topological polar surface area (TPSA) is 38.7 Å². The molecule has 1 aliphatic carbocycles. The Morgan fingerprint density at radius 3 is 2.15 bits per heavy atom. The van der Waals surface area contributed by atoms with Crippen molar-refractivity contribution in [1.29, 1.82) is 0 Å². The highest BCUT2D eigenvalue weighted by molar-refractivity contribution is 6.34. The maximum Gasteiger partial charge on any atom is 0.181 e. The first-order valence-electron chi connectivity index (χ1n) is 6.50. The fourth-order valence-corrected chi connectivity index (χ4v) is 3.40. The molecular formula is C14H12Cl3N3. The van der Waals surface area contributed by atoms with Gasteiger partial charge in [-0.05, 0) is 30.9 Å².